The Hall–Kier alpha value is -4.39. The van der Waals surface area contributed by atoms with Crippen LogP contribution >= 0.6 is 0 Å². The lowest BCUT2D eigenvalue weighted by atomic mass is 9.94. The lowest BCUT2D eigenvalue weighted by molar-refractivity contribution is -0.130. The number of furan rings is 1. The fourth-order valence-corrected chi connectivity index (χ4v) is 3.96. The van der Waals surface area contributed by atoms with Crippen LogP contribution in [0.1, 0.15) is 27.7 Å². The predicted octanol–water partition coefficient (Wildman–Crippen LogP) is 4.31. The molecule has 7 nitrogen and oxygen atoms in total. The van der Waals surface area contributed by atoms with Crippen molar-refractivity contribution in [2.75, 3.05) is 0 Å². The largest absolute Gasteiger partial charge is 0.508 e. The van der Waals surface area contributed by atoms with Gasteiger partial charge >= 0.3 is 0 Å². The monoisotopic (exact) mass is 426 g/mol. The van der Waals surface area contributed by atoms with Crippen LogP contribution < -0.4 is 0 Å². The Morgan fingerprint density at radius 1 is 1.00 bits per heavy atom. The maximum absolute atomic E-state index is 13.5. The molecule has 1 aliphatic rings. The van der Waals surface area contributed by atoms with E-state index in [4.69, 9.17) is 4.42 Å². The lowest BCUT2D eigenvalue weighted by Gasteiger charge is -2.26. The molecular formula is C25H18N2O5. The second-order valence-corrected chi connectivity index (χ2v) is 7.52. The van der Waals surface area contributed by atoms with E-state index in [0.29, 0.717) is 11.1 Å². The van der Waals surface area contributed by atoms with E-state index in [1.807, 2.05) is 12.1 Å². The molecule has 0 spiro atoms. The molecule has 0 radical (unpaired) electrons. The van der Waals surface area contributed by atoms with Crippen molar-refractivity contribution >= 4 is 22.7 Å². The number of pyridine rings is 1. The third-order valence-corrected chi connectivity index (χ3v) is 5.51. The number of fused-ring (bicyclic) bond motifs is 1. The van der Waals surface area contributed by atoms with Crippen molar-refractivity contribution in [3.8, 4) is 5.75 Å². The minimum absolute atomic E-state index is 0.0371. The molecular weight excluding hydrogens is 408 g/mol. The van der Waals surface area contributed by atoms with E-state index < -0.39 is 23.5 Å². The second kappa shape index (κ2) is 7.70. The van der Waals surface area contributed by atoms with Crippen LogP contribution in [-0.2, 0) is 11.3 Å². The van der Waals surface area contributed by atoms with E-state index in [-0.39, 0.29) is 23.6 Å². The van der Waals surface area contributed by atoms with Gasteiger partial charge in [0.2, 0.25) is 5.78 Å². The number of ketones is 1. The molecule has 0 bridgehead atoms. The summed E-state index contributed by atoms with van der Waals surface area (Å²) in [6.45, 7) is 0.161. The molecule has 1 aliphatic heterocycles. The number of Topliss-reactive ketones (excluding diaryl/α,β-unsaturated/α-hetero) is 1. The number of aromatic nitrogens is 1. The number of carbonyl (C=O) groups is 2. The standard InChI is InChI=1S/C25H18N2O5/c28-18-7-5-16(6-8-18)22-21(23(29)20-13-17-3-1-2-4-19(17)32-20)24(30)25(31)27(22)14-15-9-11-26-12-10-15/h1-13,22,28,30H,14H2. The highest BCUT2D eigenvalue weighted by molar-refractivity contribution is 6.16. The van der Waals surface area contributed by atoms with Gasteiger partial charge < -0.3 is 19.5 Å². The molecule has 5 rings (SSSR count). The van der Waals surface area contributed by atoms with E-state index in [9.17, 15) is 19.8 Å². The molecule has 2 N–H and O–H groups in total. The van der Waals surface area contributed by atoms with E-state index >= 15 is 0 Å². The summed E-state index contributed by atoms with van der Waals surface area (Å²) in [6.07, 6.45) is 3.22. The number of rotatable bonds is 5. The van der Waals surface area contributed by atoms with Crippen molar-refractivity contribution in [3.05, 3.63) is 107 Å². The first-order valence-corrected chi connectivity index (χ1v) is 9.98. The van der Waals surface area contributed by atoms with Crippen molar-refractivity contribution in [2.45, 2.75) is 12.6 Å². The number of benzene rings is 2. The fourth-order valence-electron chi connectivity index (χ4n) is 3.96. The summed E-state index contributed by atoms with van der Waals surface area (Å²) in [5.41, 5.74) is 1.85. The van der Waals surface area contributed by atoms with Gasteiger partial charge in [-0.1, -0.05) is 30.3 Å². The second-order valence-electron chi connectivity index (χ2n) is 7.52. The molecule has 0 aliphatic carbocycles. The maximum atomic E-state index is 13.5. The number of amides is 1. The number of aliphatic hydroxyl groups excluding tert-OH is 1. The number of phenolic OH excluding ortho intramolecular Hbond substituents is 1. The smallest absolute Gasteiger partial charge is 0.290 e. The number of hydrogen-bond donors (Lipinski definition) is 2. The zero-order chi connectivity index (χ0) is 22.2. The summed E-state index contributed by atoms with van der Waals surface area (Å²) in [6, 6.07) is 17.7. The predicted molar refractivity (Wildman–Crippen MR) is 116 cm³/mol. The topological polar surface area (TPSA) is 104 Å². The zero-order valence-corrected chi connectivity index (χ0v) is 16.8. The molecule has 32 heavy (non-hydrogen) atoms. The van der Waals surface area contributed by atoms with Crippen LogP contribution in [0.25, 0.3) is 11.0 Å². The molecule has 1 atom stereocenters. The van der Waals surface area contributed by atoms with E-state index in [1.54, 1.807) is 54.9 Å². The average Bonchev–Trinajstić information content (AvgIpc) is 3.35. The van der Waals surface area contributed by atoms with Crippen molar-refractivity contribution in [1.82, 2.24) is 9.88 Å². The van der Waals surface area contributed by atoms with Crippen molar-refractivity contribution in [1.29, 1.82) is 0 Å². The molecule has 3 heterocycles. The van der Waals surface area contributed by atoms with Gasteiger partial charge in [0.1, 0.15) is 11.3 Å². The van der Waals surface area contributed by atoms with Gasteiger partial charge in [0.25, 0.3) is 5.91 Å². The summed E-state index contributed by atoms with van der Waals surface area (Å²) in [7, 11) is 0. The Bertz CT molecular complexity index is 1320. The first-order chi connectivity index (χ1) is 15.5. The quantitative estimate of drug-likeness (QED) is 0.461. The number of para-hydroxylation sites is 1. The molecule has 0 saturated heterocycles. The highest BCUT2D eigenvalue weighted by Gasteiger charge is 2.44. The van der Waals surface area contributed by atoms with Gasteiger partial charge in [-0.05, 0) is 47.5 Å². The van der Waals surface area contributed by atoms with Gasteiger partial charge in [0, 0.05) is 24.3 Å². The van der Waals surface area contributed by atoms with E-state index in [1.165, 1.54) is 17.0 Å². The SMILES string of the molecule is O=C(C1=C(O)C(=O)N(Cc2ccncc2)C1c1ccc(O)cc1)c1cc2ccccc2o1. The third-order valence-electron chi connectivity index (χ3n) is 5.51. The molecule has 2 aromatic carbocycles. The number of hydrogen-bond acceptors (Lipinski definition) is 6. The number of aromatic hydroxyl groups is 1. The summed E-state index contributed by atoms with van der Waals surface area (Å²) < 4.78 is 5.71. The molecule has 158 valence electrons. The molecule has 2 aromatic heterocycles. The number of nitrogens with zero attached hydrogens (tertiary/aromatic N) is 2. The highest BCUT2D eigenvalue weighted by Crippen LogP contribution is 2.40. The molecule has 0 fully saturated rings. The van der Waals surface area contributed by atoms with Gasteiger partial charge in [0.05, 0.1) is 11.6 Å². The first kappa shape index (κ1) is 19.6. The molecule has 1 unspecified atom stereocenters. The maximum Gasteiger partial charge on any atom is 0.290 e. The van der Waals surface area contributed by atoms with Crippen LogP contribution in [0.3, 0.4) is 0 Å². The van der Waals surface area contributed by atoms with Gasteiger partial charge in [-0.25, -0.2) is 0 Å². The summed E-state index contributed by atoms with van der Waals surface area (Å²) in [5, 5.41) is 21.2. The van der Waals surface area contributed by atoms with Crippen LogP contribution in [0.5, 0.6) is 5.75 Å². The van der Waals surface area contributed by atoms with Crippen LogP contribution in [0.2, 0.25) is 0 Å². The van der Waals surface area contributed by atoms with Gasteiger partial charge in [-0.3, -0.25) is 14.6 Å². The zero-order valence-electron chi connectivity index (χ0n) is 16.8. The van der Waals surface area contributed by atoms with E-state index in [2.05, 4.69) is 4.98 Å². The number of carbonyl (C=O) groups excluding carboxylic acids is 2. The fraction of sp³-hybridized carbons (Fsp3) is 0.0800. The van der Waals surface area contributed by atoms with Crippen LogP contribution in [-0.4, -0.2) is 31.8 Å². The van der Waals surface area contributed by atoms with Crippen LogP contribution in [0.15, 0.2) is 94.9 Å². The van der Waals surface area contributed by atoms with Crippen molar-refractivity contribution in [2.24, 2.45) is 0 Å². The normalized spacial score (nSPS) is 16.2. The van der Waals surface area contributed by atoms with Crippen molar-refractivity contribution in [3.63, 3.8) is 0 Å². The number of phenols is 1. The summed E-state index contributed by atoms with van der Waals surface area (Å²) >= 11 is 0. The molecule has 0 saturated carbocycles. The number of aliphatic hydroxyl groups is 1. The average molecular weight is 426 g/mol. The van der Waals surface area contributed by atoms with Gasteiger partial charge in [-0.2, -0.15) is 0 Å². The van der Waals surface area contributed by atoms with Crippen LogP contribution in [0, 0.1) is 0 Å². The molecule has 4 aromatic rings. The molecule has 7 heteroatoms. The summed E-state index contributed by atoms with van der Waals surface area (Å²) in [4.78, 5) is 31.9. The van der Waals surface area contributed by atoms with Gasteiger partial charge in [0.15, 0.2) is 11.5 Å². The Kier molecular flexibility index (Phi) is 4.71. The lowest BCUT2D eigenvalue weighted by Crippen LogP contribution is -2.30. The van der Waals surface area contributed by atoms with Crippen molar-refractivity contribution < 1.29 is 24.2 Å². The Morgan fingerprint density at radius 3 is 2.44 bits per heavy atom. The Labute approximate surface area is 182 Å². The summed E-state index contributed by atoms with van der Waals surface area (Å²) in [5.74, 6) is -1.74. The third kappa shape index (κ3) is 3.30. The van der Waals surface area contributed by atoms with E-state index in [0.717, 1.165) is 10.9 Å². The Balaban J connectivity index is 1.60. The first-order valence-electron chi connectivity index (χ1n) is 9.98. The minimum Gasteiger partial charge on any atom is -0.508 e. The molecule has 1 amide bonds. The Morgan fingerprint density at radius 2 is 1.72 bits per heavy atom. The highest BCUT2D eigenvalue weighted by atomic mass is 16.3. The van der Waals surface area contributed by atoms with Crippen LogP contribution in [0.4, 0.5) is 0 Å². The van der Waals surface area contributed by atoms with Gasteiger partial charge in [-0.15, -0.1) is 0 Å². The minimum atomic E-state index is -0.850.